The molecule has 3 heterocycles. The Labute approximate surface area is 142 Å². The van der Waals surface area contributed by atoms with E-state index in [4.69, 9.17) is 0 Å². The highest BCUT2D eigenvalue weighted by Gasteiger charge is 2.29. The Balaban J connectivity index is 1.55. The highest BCUT2D eigenvalue weighted by atomic mass is 16.1. The molecule has 1 aliphatic heterocycles. The van der Waals surface area contributed by atoms with Gasteiger partial charge in [0.25, 0.3) is 5.91 Å². The third kappa shape index (κ3) is 3.02. The van der Waals surface area contributed by atoms with Crippen LogP contribution in [0.15, 0.2) is 18.3 Å². The van der Waals surface area contributed by atoms with Crippen molar-refractivity contribution in [3.8, 4) is 0 Å². The second kappa shape index (κ2) is 6.16. The molecule has 2 aromatic heterocycles. The number of hydrogen-bond donors (Lipinski definition) is 1. The van der Waals surface area contributed by atoms with E-state index < -0.39 is 0 Å². The van der Waals surface area contributed by atoms with Crippen molar-refractivity contribution in [1.29, 1.82) is 0 Å². The van der Waals surface area contributed by atoms with Crippen LogP contribution in [0, 0.1) is 5.92 Å². The van der Waals surface area contributed by atoms with Crippen LogP contribution >= 0.6 is 0 Å². The lowest BCUT2D eigenvalue weighted by molar-refractivity contribution is 0.0951. The van der Waals surface area contributed by atoms with Gasteiger partial charge in [0.2, 0.25) is 0 Å². The molecule has 1 aliphatic carbocycles. The first-order chi connectivity index (χ1) is 11.6. The molecule has 1 saturated carbocycles. The number of hydrogen-bond acceptors (Lipinski definition) is 4. The van der Waals surface area contributed by atoms with Crippen LogP contribution in [-0.2, 0) is 0 Å². The molecule has 1 atom stereocenters. The molecule has 2 aliphatic rings. The van der Waals surface area contributed by atoms with Gasteiger partial charge in [-0.15, -0.1) is 10.2 Å². The van der Waals surface area contributed by atoms with Crippen LogP contribution < -0.4 is 5.32 Å². The molecule has 2 fully saturated rings. The molecule has 1 saturated heterocycles. The smallest absolute Gasteiger partial charge is 0.252 e. The molecule has 24 heavy (non-hydrogen) atoms. The van der Waals surface area contributed by atoms with E-state index in [0.717, 1.165) is 37.5 Å². The van der Waals surface area contributed by atoms with E-state index in [0.29, 0.717) is 23.4 Å². The number of nitrogens with one attached hydrogen (secondary N) is 1. The molecule has 6 heteroatoms. The van der Waals surface area contributed by atoms with Crippen molar-refractivity contribution in [2.24, 2.45) is 5.92 Å². The minimum atomic E-state index is -0.00122. The summed E-state index contributed by atoms with van der Waals surface area (Å²) in [6, 6.07) is 4.28. The molecular formula is C18H25N5O. The van der Waals surface area contributed by atoms with Crippen molar-refractivity contribution in [2.75, 3.05) is 19.6 Å². The van der Waals surface area contributed by atoms with Crippen LogP contribution in [0.5, 0.6) is 0 Å². The molecule has 0 spiro atoms. The third-order valence-corrected chi connectivity index (χ3v) is 5.25. The summed E-state index contributed by atoms with van der Waals surface area (Å²) < 4.78 is 2.00. The normalized spacial score (nSPS) is 21.7. The molecule has 0 unspecified atom stereocenters. The van der Waals surface area contributed by atoms with E-state index in [9.17, 15) is 4.79 Å². The average molecular weight is 327 g/mol. The van der Waals surface area contributed by atoms with E-state index in [1.807, 2.05) is 22.7 Å². The monoisotopic (exact) mass is 327 g/mol. The molecule has 4 rings (SSSR count). The standard InChI is InChI=1S/C18H25N5O/c1-12(2)22-8-7-14(10-22)17-21-20-16-6-5-15(11-23(16)17)18(24)19-9-13-3-4-13/h5-6,11-14H,3-4,7-10H2,1-2H3,(H,19,24)/t14-/m0/s1. The number of pyridine rings is 1. The van der Waals surface area contributed by atoms with Crippen molar-refractivity contribution in [1.82, 2.24) is 24.8 Å². The van der Waals surface area contributed by atoms with Crippen LogP contribution in [-0.4, -0.2) is 51.1 Å². The summed E-state index contributed by atoms with van der Waals surface area (Å²) in [7, 11) is 0. The van der Waals surface area contributed by atoms with Gasteiger partial charge in [-0.2, -0.15) is 0 Å². The summed E-state index contributed by atoms with van der Waals surface area (Å²) in [5.74, 6) is 2.04. The lowest BCUT2D eigenvalue weighted by atomic mass is 10.1. The first-order valence-electron chi connectivity index (χ1n) is 8.98. The number of rotatable bonds is 5. The zero-order valence-corrected chi connectivity index (χ0v) is 14.4. The van der Waals surface area contributed by atoms with Gasteiger partial charge in [-0.05, 0) is 57.7 Å². The van der Waals surface area contributed by atoms with Crippen LogP contribution in [0.3, 0.4) is 0 Å². The Hall–Kier alpha value is -1.95. The number of fused-ring (bicyclic) bond motifs is 1. The molecule has 0 radical (unpaired) electrons. The van der Waals surface area contributed by atoms with E-state index >= 15 is 0 Å². The first kappa shape index (κ1) is 15.6. The van der Waals surface area contributed by atoms with Gasteiger partial charge in [-0.25, -0.2) is 0 Å². The summed E-state index contributed by atoms with van der Waals surface area (Å²) in [6.45, 7) is 7.35. The maximum Gasteiger partial charge on any atom is 0.252 e. The first-order valence-corrected chi connectivity index (χ1v) is 8.98. The summed E-state index contributed by atoms with van der Waals surface area (Å²) in [5, 5.41) is 11.7. The summed E-state index contributed by atoms with van der Waals surface area (Å²) in [5.41, 5.74) is 1.50. The molecule has 0 aromatic carbocycles. The summed E-state index contributed by atoms with van der Waals surface area (Å²) in [6.07, 6.45) is 5.47. The van der Waals surface area contributed by atoms with Gasteiger partial charge in [-0.1, -0.05) is 0 Å². The van der Waals surface area contributed by atoms with E-state index in [1.54, 1.807) is 0 Å². The SMILES string of the molecule is CC(C)N1CC[C@H](c2nnc3ccc(C(=O)NCC4CC4)cn23)C1. The van der Waals surface area contributed by atoms with Crippen LogP contribution in [0.25, 0.3) is 5.65 Å². The lowest BCUT2D eigenvalue weighted by Crippen LogP contribution is -2.28. The van der Waals surface area contributed by atoms with Crippen LogP contribution in [0.2, 0.25) is 0 Å². The van der Waals surface area contributed by atoms with Gasteiger partial charge in [0.15, 0.2) is 5.65 Å². The van der Waals surface area contributed by atoms with Crippen molar-refractivity contribution in [3.63, 3.8) is 0 Å². The van der Waals surface area contributed by atoms with Crippen molar-refractivity contribution >= 4 is 11.6 Å². The number of amides is 1. The highest BCUT2D eigenvalue weighted by molar-refractivity contribution is 5.94. The van der Waals surface area contributed by atoms with Gasteiger partial charge < -0.3 is 10.2 Å². The zero-order valence-electron chi connectivity index (χ0n) is 14.4. The van der Waals surface area contributed by atoms with Crippen molar-refractivity contribution < 1.29 is 4.79 Å². The number of carbonyl (C=O) groups is 1. The fraction of sp³-hybridized carbons (Fsp3) is 0.611. The minimum absolute atomic E-state index is 0.00122. The van der Waals surface area contributed by atoms with Crippen molar-refractivity contribution in [2.45, 2.75) is 45.1 Å². The Bertz CT molecular complexity index is 749. The molecule has 1 N–H and O–H groups in total. The van der Waals surface area contributed by atoms with Crippen molar-refractivity contribution in [3.05, 3.63) is 29.7 Å². The van der Waals surface area contributed by atoms with E-state index in [1.165, 1.54) is 12.8 Å². The maximum absolute atomic E-state index is 12.3. The second-order valence-electron chi connectivity index (χ2n) is 7.43. The van der Waals surface area contributed by atoms with E-state index in [-0.39, 0.29) is 5.91 Å². The summed E-state index contributed by atoms with van der Waals surface area (Å²) >= 11 is 0. The molecule has 6 nitrogen and oxygen atoms in total. The van der Waals surface area contributed by atoms with Gasteiger partial charge >= 0.3 is 0 Å². The Morgan fingerprint density at radius 3 is 2.83 bits per heavy atom. The van der Waals surface area contributed by atoms with E-state index in [2.05, 4.69) is 34.3 Å². The minimum Gasteiger partial charge on any atom is -0.352 e. The average Bonchev–Trinajstić information content (AvgIpc) is 3.10. The quantitative estimate of drug-likeness (QED) is 0.913. The van der Waals surface area contributed by atoms with Crippen LogP contribution in [0.4, 0.5) is 0 Å². The summed E-state index contributed by atoms with van der Waals surface area (Å²) in [4.78, 5) is 14.8. The fourth-order valence-electron chi connectivity index (χ4n) is 3.45. The van der Waals surface area contributed by atoms with Gasteiger partial charge in [0.05, 0.1) is 5.56 Å². The molecule has 128 valence electrons. The predicted octanol–water partition coefficient (Wildman–Crippen LogP) is 2.07. The maximum atomic E-state index is 12.3. The Morgan fingerprint density at radius 2 is 2.12 bits per heavy atom. The molecular weight excluding hydrogens is 302 g/mol. The fourth-order valence-corrected chi connectivity index (χ4v) is 3.45. The Kier molecular flexibility index (Phi) is 4.00. The molecule has 0 bridgehead atoms. The largest absolute Gasteiger partial charge is 0.352 e. The number of aromatic nitrogens is 3. The van der Waals surface area contributed by atoms with Gasteiger partial charge in [-0.3, -0.25) is 9.20 Å². The number of likely N-dealkylation sites (tertiary alicyclic amines) is 1. The molecule has 2 aromatic rings. The topological polar surface area (TPSA) is 62.5 Å². The second-order valence-corrected chi connectivity index (χ2v) is 7.43. The Morgan fingerprint density at radius 1 is 1.29 bits per heavy atom. The number of nitrogens with zero attached hydrogens (tertiary/aromatic N) is 4. The lowest BCUT2D eigenvalue weighted by Gasteiger charge is -2.19. The predicted molar refractivity (Wildman–Crippen MR) is 92.1 cm³/mol. The third-order valence-electron chi connectivity index (χ3n) is 5.25. The number of carbonyl (C=O) groups excluding carboxylic acids is 1. The molecule has 1 amide bonds. The van der Waals surface area contributed by atoms with Gasteiger partial charge in [0, 0.05) is 31.2 Å². The highest BCUT2D eigenvalue weighted by Crippen LogP contribution is 2.28. The zero-order chi connectivity index (χ0) is 16.7. The van der Waals surface area contributed by atoms with Gasteiger partial charge in [0.1, 0.15) is 5.82 Å². The van der Waals surface area contributed by atoms with Crippen LogP contribution in [0.1, 0.15) is 55.2 Å².